The lowest BCUT2D eigenvalue weighted by atomic mass is 10.1. The van der Waals surface area contributed by atoms with Crippen molar-refractivity contribution in [3.05, 3.63) is 11.9 Å². The van der Waals surface area contributed by atoms with E-state index in [1.807, 2.05) is 0 Å². The summed E-state index contributed by atoms with van der Waals surface area (Å²) in [5.74, 6) is -0.0187. The Labute approximate surface area is 83.6 Å². The highest BCUT2D eigenvalue weighted by Gasteiger charge is 2.24. The van der Waals surface area contributed by atoms with Crippen LogP contribution in [-0.4, -0.2) is 48.3 Å². The van der Waals surface area contributed by atoms with Crippen LogP contribution in [0.1, 0.15) is 12.8 Å². The fourth-order valence-corrected chi connectivity index (χ4v) is 2.17. The lowest BCUT2D eigenvalue weighted by molar-refractivity contribution is 0.186. The third-order valence-electron chi connectivity index (χ3n) is 2.86. The normalized spacial score (nSPS) is 34.6. The summed E-state index contributed by atoms with van der Waals surface area (Å²) in [4.78, 5) is 2.10. The molecular weight excluding hydrogens is 183 g/mol. The minimum Gasteiger partial charge on any atom is -0.392 e. The van der Waals surface area contributed by atoms with Gasteiger partial charge in [0.2, 0.25) is 0 Å². The summed E-state index contributed by atoms with van der Waals surface area (Å²) in [6.07, 6.45) is 3.04. The molecule has 0 aromatic rings. The number of β-amino-alcohol motifs (C(OH)–C–C–N with tert-alkyl or cyclic N) is 1. The Hall–Kier alpha value is -0.450. The van der Waals surface area contributed by atoms with E-state index in [0.29, 0.717) is 19.1 Å². The summed E-state index contributed by atoms with van der Waals surface area (Å²) in [5.41, 5.74) is 0. The van der Waals surface area contributed by atoms with E-state index < -0.39 is 0 Å². The molecule has 0 spiro atoms. The van der Waals surface area contributed by atoms with Gasteiger partial charge in [0.25, 0.3) is 0 Å². The van der Waals surface area contributed by atoms with E-state index in [-0.39, 0.29) is 11.9 Å². The fraction of sp³-hybridized carbons (Fsp3) is 0.800. The topological polar surface area (TPSA) is 35.5 Å². The minimum absolute atomic E-state index is 0.0187. The van der Waals surface area contributed by atoms with Crippen LogP contribution in [0, 0.1) is 0 Å². The largest absolute Gasteiger partial charge is 0.392 e. The van der Waals surface area contributed by atoms with Crippen molar-refractivity contribution < 1.29 is 9.50 Å². The van der Waals surface area contributed by atoms with Crippen LogP contribution in [0.2, 0.25) is 0 Å². The number of hydrogen-bond acceptors (Lipinski definition) is 3. The van der Waals surface area contributed by atoms with Gasteiger partial charge >= 0.3 is 0 Å². The lowest BCUT2D eigenvalue weighted by Crippen LogP contribution is -2.39. The summed E-state index contributed by atoms with van der Waals surface area (Å²) in [6.45, 7) is 2.89. The van der Waals surface area contributed by atoms with Gasteiger partial charge in [0.15, 0.2) is 0 Å². The molecule has 2 aliphatic heterocycles. The molecule has 0 aliphatic carbocycles. The van der Waals surface area contributed by atoms with E-state index in [9.17, 15) is 9.50 Å². The zero-order valence-corrected chi connectivity index (χ0v) is 8.25. The molecule has 0 bridgehead atoms. The highest BCUT2D eigenvalue weighted by molar-refractivity contribution is 5.00. The standard InChI is InChI=1S/C10H17FN2O/c11-8-2-1-3-13(6-8)7-9-4-10(14)5-12-9/h2,9-10,12,14H,1,3-7H2. The van der Waals surface area contributed by atoms with Crippen LogP contribution in [-0.2, 0) is 0 Å². The van der Waals surface area contributed by atoms with Crippen molar-refractivity contribution >= 4 is 0 Å². The molecule has 2 heterocycles. The molecule has 2 aliphatic rings. The van der Waals surface area contributed by atoms with Gasteiger partial charge in [-0.3, -0.25) is 4.90 Å². The number of aliphatic hydroxyl groups is 1. The van der Waals surface area contributed by atoms with Crippen LogP contribution in [0.4, 0.5) is 4.39 Å². The monoisotopic (exact) mass is 200 g/mol. The van der Waals surface area contributed by atoms with Gasteiger partial charge in [-0.25, -0.2) is 4.39 Å². The predicted molar refractivity (Wildman–Crippen MR) is 52.7 cm³/mol. The van der Waals surface area contributed by atoms with Crippen molar-refractivity contribution in [2.75, 3.05) is 26.2 Å². The summed E-state index contributed by atoms with van der Waals surface area (Å²) in [7, 11) is 0. The van der Waals surface area contributed by atoms with Gasteiger partial charge in [-0.1, -0.05) is 6.08 Å². The molecule has 2 atom stereocenters. The van der Waals surface area contributed by atoms with E-state index in [0.717, 1.165) is 25.9 Å². The molecule has 3 nitrogen and oxygen atoms in total. The zero-order valence-electron chi connectivity index (χ0n) is 8.25. The maximum atomic E-state index is 12.9. The van der Waals surface area contributed by atoms with Gasteiger partial charge in [0.1, 0.15) is 5.83 Å². The average Bonchev–Trinajstić information content (AvgIpc) is 2.51. The quantitative estimate of drug-likeness (QED) is 0.671. The molecule has 80 valence electrons. The first-order valence-corrected chi connectivity index (χ1v) is 5.22. The van der Waals surface area contributed by atoms with Crippen LogP contribution in [0.5, 0.6) is 0 Å². The second-order valence-electron chi connectivity index (χ2n) is 4.17. The van der Waals surface area contributed by atoms with Crippen molar-refractivity contribution in [1.82, 2.24) is 10.2 Å². The van der Waals surface area contributed by atoms with E-state index in [4.69, 9.17) is 0 Å². The van der Waals surface area contributed by atoms with E-state index in [1.165, 1.54) is 0 Å². The van der Waals surface area contributed by atoms with Crippen LogP contribution in [0.3, 0.4) is 0 Å². The van der Waals surface area contributed by atoms with Crippen molar-refractivity contribution in [3.8, 4) is 0 Å². The van der Waals surface area contributed by atoms with Crippen LogP contribution >= 0.6 is 0 Å². The van der Waals surface area contributed by atoms with E-state index >= 15 is 0 Å². The molecular formula is C10H17FN2O. The third kappa shape index (κ3) is 2.53. The molecule has 0 saturated carbocycles. The smallest absolute Gasteiger partial charge is 0.110 e. The molecule has 0 aromatic heterocycles. The predicted octanol–water partition coefficient (Wildman–Crippen LogP) is 0.268. The Balaban J connectivity index is 1.78. The van der Waals surface area contributed by atoms with Gasteiger partial charge in [-0.2, -0.15) is 0 Å². The Morgan fingerprint density at radius 2 is 2.50 bits per heavy atom. The molecule has 0 aromatic carbocycles. The maximum absolute atomic E-state index is 12.9. The highest BCUT2D eigenvalue weighted by atomic mass is 19.1. The second-order valence-corrected chi connectivity index (χ2v) is 4.17. The summed E-state index contributed by atoms with van der Waals surface area (Å²) < 4.78 is 12.9. The fourth-order valence-electron chi connectivity index (χ4n) is 2.17. The van der Waals surface area contributed by atoms with Crippen LogP contribution in [0.25, 0.3) is 0 Å². The van der Waals surface area contributed by atoms with E-state index in [2.05, 4.69) is 10.2 Å². The molecule has 2 unspecified atom stereocenters. The maximum Gasteiger partial charge on any atom is 0.110 e. The van der Waals surface area contributed by atoms with Gasteiger partial charge in [-0.15, -0.1) is 0 Å². The number of rotatable bonds is 2. The SMILES string of the molecule is OC1CNC(CN2CCC=C(F)C2)C1. The van der Waals surface area contributed by atoms with Gasteiger partial charge < -0.3 is 10.4 Å². The van der Waals surface area contributed by atoms with Crippen molar-refractivity contribution in [1.29, 1.82) is 0 Å². The number of aliphatic hydroxyl groups excluding tert-OH is 1. The Kier molecular flexibility index (Phi) is 3.15. The lowest BCUT2D eigenvalue weighted by Gasteiger charge is -2.26. The Morgan fingerprint density at radius 3 is 3.14 bits per heavy atom. The number of hydrogen-bond donors (Lipinski definition) is 2. The number of nitrogens with zero attached hydrogens (tertiary/aromatic N) is 1. The van der Waals surface area contributed by atoms with Gasteiger partial charge in [0.05, 0.1) is 6.10 Å². The molecule has 4 heteroatoms. The van der Waals surface area contributed by atoms with Crippen molar-refractivity contribution in [3.63, 3.8) is 0 Å². The van der Waals surface area contributed by atoms with Gasteiger partial charge in [-0.05, 0) is 12.8 Å². The minimum atomic E-state index is -0.217. The molecule has 1 fully saturated rings. The molecule has 2 rings (SSSR count). The third-order valence-corrected chi connectivity index (χ3v) is 2.86. The zero-order chi connectivity index (χ0) is 9.97. The molecule has 2 N–H and O–H groups in total. The average molecular weight is 200 g/mol. The summed E-state index contributed by atoms with van der Waals surface area (Å²) in [6, 6.07) is 0.330. The summed E-state index contributed by atoms with van der Waals surface area (Å²) >= 11 is 0. The Morgan fingerprint density at radius 1 is 1.64 bits per heavy atom. The second kappa shape index (κ2) is 4.38. The first-order valence-electron chi connectivity index (χ1n) is 5.22. The summed E-state index contributed by atoms with van der Waals surface area (Å²) in [5, 5.41) is 12.5. The highest BCUT2D eigenvalue weighted by Crippen LogP contribution is 2.13. The first-order chi connectivity index (χ1) is 6.74. The number of halogens is 1. The molecule has 1 saturated heterocycles. The first kappa shape index (κ1) is 10.1. The number of nitrogens with one attached hydrogen (secondary N) is 1. The van der Waals surface area contributed by atoms with Crippen LogP contribution < -0.4 is 5.32 Å². The van der Waals surface area contributed by atoms with E-state index in [1.54, 1.807) is 6.08 Å². The van der Waals surface area contributed by atoms with Crippen molar-refractivity contribution in [2.24, 2.45) is 0 Å². The Bertz CT molecular complexity index is 232. The van der Waals surface area contributed by atoms with Gasteiger partial charge in [0, 0.05) is 32.2 Å². The van der Waals surface area contributed by atoms with Crippen LogP contribution in [0.15, 0.2) is 11.9 Å². The molecule has 0 amide bonds. The molecule has 0 radical (unpaired) electrons. The molecule has 14 heavy (non-hydrogen) atoms. The van der Waals surface area contributed by atoms with Crippen molar-refractivity contribution in [2.45, 2.75) is 25.0 Å².